The monoisotopic (exact) mass is 327 g/mol. The van der Waals surface area contributed by atoms with Crippen LogP contribution in [0.3, 0.4) is 0 Å². The second kappa shape index (κ2) is 9.12. The molecule has 0 aromatic rings. The van der Waals surface area contributed by atoms with Gasteiger partial charge in [0.15, 0.2) is 0 Å². The van der Waals surface area contributed by atoms with Crippen molar-refractivity contribution >= 4 is 47.1 Å². The Balaban J connectivity index is 0. The molecule has 0 heterocycles. The van der Waals surface area contributed by atoms with Gasteiger partial charge in [0, 0.05) is 0 Å². The van der Waals surface area contributed by atoms with Crippen LogP contribution in [0.25, 0.3) is 0 Å². The van der Waals surface area contributed by atoms with Crippen LogP contribution in [-0.2, 0) is 0 Å². The van der Waals surface area contributed by atoms with Crippen molar-refractivity contribution in [3.63, 3.8) is 0 Å². The number of rotatable bonds is 5. The molecule has 0 saturated heterocycles. The minimum Gasteiger partial charge on any atom is -0.394 e. The molecule has 5 N–H and O–H groups in total. The molecule has 0 saturated carbocycles. The van der Waals surface area contributed by atoms with Gasteiger partial charge in [0.1, 0.15) is 0 Å². The lowest BCUT2D eigenvalue weighted by atomic mass is 10.1. The second-order valence-corrected chi connectivity index (χ2v) is 23.3. The van der Waals surface area contributed by atoms with E-state index in [4.69, 9.17) is 54.3 Å². The van der Waals surface area contributed by atoms with Crippen LogP contribution in [0, 0.1) is 0 Å². The Morgan fingerprint density at radius 1 is 1.12 bits per heavy atom. The predicted octanol–water partition coefficient (Wildman–Crippen LogP) is 0.258. The summed E-state index contributed by atoms with van der Waals surface area (Å²) in [5.74, 6) is 0. The van der Waals surface area contributed by atoms with Crippen molar-refractivity contribution in [1.29, 1.82) is 0 Å². The standard InChI is InChI=1S/C4H11NO3.C3H9Cl3Si2/c5-4(1-6,2-7)3-8;1-3-7(2)8(4,5)6/h6-8H,1-3,5H2;7H,3H2,1-2H3. The molecule has 100 valence electrons. The van der Waals surface area contributed by atoms with Crippen LogP contribution in [0.5, 0.6) is 0 Å². The van der Waals surface area contributed by atoms with Crippen LogP contribution in [-0.4, -0.2) is 54.5 Å². The summed E-state index contributed by atoms with van der Waals surface area (Å²) >= 11 is 17.1. The number of halogens is 3. The van der Waals surface area contributed by atoms with Gasteiger partial charge in [0.25, 0.3) is 0 Å². The lowest BCUT2D eigenvalue weighted by molar-refractivity contribution is 0.0698. The molecule has 0 radical (unpaired) electrons. The van der Waals surface area contributed by atoms with Gasteiger partial charge in [-0.25, -0.2) is 0 Å². The molecule has 0 fully saturated rings. The summed E-state index contributed by atoms with van der Waals surface area (Å²) in [5, 5.41) is 25.0. The average molecular weight is 329 g/mol. The van der Waals surface area contributed by atoms with Crippen molar-refractivity contribution in [2.24, 2.45) is 5.73 Å². The molecule has 0 aliphatic rings. The van der Waals surface area contributed by atoms with Gasteiger partial charge in [-0.3, -0.25) is 0 Å². The second-order valence-electron chi connectivity index (χ2n) is 3.69. The Hall–Kier alpha value is 1.14. The molecule has 0 aromatic heterocycles. The molecule has 0 bridgehead atoms. The number of hydrogen-bond donors (Lipinski definition) is 4. The van der Waals surface area contributed by atoms with Gasteiger partial charge in [-0.15, -0.1) is 33.2 Å². The fourth-order valence-corrected chi connectivity index (χ4v) is 6.40. The van der Waals surface area contributed by atoms with Crippen LogP contribution in [0.4, 0.5) is 0 Å². The summed E-state index contributed by atoms with van der Waals surface area (Å²) in [4.78, 5) is 0. The van der Waals surface area contributed by atoms with Gasteiger partial charge >= 0.3 is 5.52 Å². The third-order valence-corrected chi connectivity index (χ3v) is 19.1. The molecule has 0 rings (SSSR count). The lowest BCUT2D eigenvalue weighted by Gasteiger charge is -2.20. The van der Waals surface area contributed by atoms with E-state index in [1.807, 2.05) is 0 Å². The molecular weight excluding hydrogens is 309 g/mol. The van der Waals surface area contributed by atoms with E-state index in [2.05, 4.69) is 13.5 Å². The van der Waals surface area contributed by atoms with E-state index in [0.29, 0.717) is 0 Å². The molecule has 4 nitrogen and oxygen atoms in total. The van der Waals surface area contributed by atoms with Crippen LogP contribution in [0.1, 0.15) is 6.92 Å². The van der Waals surface area contributed by atoms with E-state index in [1.165, 1.54) is 0 Å². The Labute approximate surface area is 113 Å². The highest BCUT2D eigenvalue weighted by molar-refractivity contribution is 7.85. The Bertz CT molecular complexity index is 170. The summed E-state index contributed by atoms with van der Waals surface area (Å²) in [6.45, 7) is 2.99. The zero-order chi connectivity index (χ0) is 13.4. The van der Waals surface area contributed by atoms with Gasteiger partial charge in [0.05, 0.1) is 33.7 Å². The molecule has 1 unspecified atom stereocenters. The van der Waals surface area contributed by atoms with Gasteiger partial charge < -0.3 is 21.1 Å². The van der Waals surface area contributed by atoms with Gasteiger partial charge in [0.2, 0.25) is 0 Å². The summed E-state index contributed by atoms with van der Waals surface area (Å²) < 4.78 is 0. The number of nitrogens with two attached hydrogens (primary N) is 1. The molecule has 0 amide bonds. The summed E-state index contributed by atoms with van der Waals surface area (Å²) in [6.07, 6.45) is 0. The fraction of sp³-hybridized carbons (Fsp3) is 1.00. The highest BCUT2D eigenvalue weighted by Crippen LogP contribution is 2.24. The molecule has 0 spiro atoms. The third-order valence-electron chi connectivity index (χ3n) is 2.12. The van der Waals surface area contributed by atoms with Crippen molar-refractivity contribution in [2.45, 2.75) is 25.1 Å². The molecule has 0 aliphatic carbocycles. The third kappa shape index (κ3) is 9.20. The zero-order valence-corrected chi connectivity index (χ0v) is 13.9. The van der Waals surface area contributed by atoms with E-state index in [-0.39, 0.29) is 0 Å². The van der Waals surface area contributed by atoms with Crippen molar-refractivity contribution in [2.75, 3.05) is 19.8 Å². The molecule has 0 aliphatic heterocycles. The molecule has 1 atom stereocenters. The van der Waals surface area contributed by atoms with Crippen molar-refractivity contribution in [3.05, 3.63) is 0 Å². The van der Waals surface area contributed by atoms with E-state index in [0.717, 1.165) is 6.04 Å². The first-order chi connectivity index (χ1) is 7.16. The van der Waals surface area contributed by atoms with Crippen LogP contribution in [0.2, 0.25) is 12.6 Å². The van der Waals surface area contributed by atoms with Gasteiger partial charge in [-0.2, -0.15) is 0 Å². The highest BCUT2D eigenvalue weighted by Gasteiger charge is 2.32. The van der Waals surface area contributed by atoms with Crippen LogP contribution < -0.4 is 5.73 Å². The van der Waals surface area contributed by atoms with E-state index >= 15 is 0 Å². The number of hydrogen-bond acceptors (Lipinski definition) is 4. The normalized spacial score (nSPS) is 14.1. The number of aliphatic hydroxyl groups excluding tert-OH is 3. The molecule has 9 heteroatoms. The van der Waals surface area contributed by atoms with Crippen LogP contribution >= 0.6 is 33.2 Å². The molecule has 16 heavy (non-hydrogen) atoms. The molecule has 0 aromatic carbocycles. The highest BCUT2D eigenvalue weighted by atomic mass is 35.8. The first-order valence-electron chi connectivity index (χ1n) is 4.85. The minimum absolute atomic E-state index is 0.403. The van der Waals surface area contributed by atoms with E-state index < -0.39 is 39.2 Å². The Kier molecular flexibility index (Phi) is 11.1. The zero-order valence-electron chi connectivity index (χ0n) is 9.46. The van der Waals surface area contributed by atoms with Crippen molar-refractivity contribution < 1.29 is 15.3 Å². The van der Waals surface area contributed by atoms with Crippen molar-refractivity contribution in [1.82, 2.24) is 0 Å². The summed E-state index contributed by atoms with van der Waals surface area (Å²) in [5.41, 5.74) is 1.73. The van der Waals surface area contributed by atoms with E-state index in [9.17, 15) is 0 Å². The largest absolute Gasteiger partial charge is 0.394 e. The Morgan fingerprint density at radius 3 is 1.44 bits per heavy atom. The Morgan fingerprint density at radius 2 is 1.44 bits per heavy atom. The summed E-state index contributed by atoms with van der Waals surface area (Å²) in [6, 6.07) is 1.10. The maximum Gasteiger partial charge on any atom is 0.320 e. The predicted molar refractivity (Wildman–Crippen MR) is 75.0 cm³/mol. The smallest absolute Gasteiger partial charge is 0.320 e. The fourth-order valence-electron chi connectivity index (χ4n) is 0.381. The minimum atomic E-state index is -2.21. The summed E-state index contributed by atoms with van der Waals surface area (Å²) in [7, 11) is -0.934. The van der Waals surface area contributed by atoms with E-state index in [1.54, 1.807) is 0 Å². The SMILES string of the molecule is CC[SiH](C)[Si](Cl)(Cl)Cl.NC(CO)(CO)CO. The first kappa shape index (κ1) is 19.5. The molecular formula is C7H20Cl3NO3Si2. The van der Waals surface area contributed by atoms with Gasteiger partial charge in [-0.1, -0.05) is 19.5 Å². The van der Waals surface area contributed by atoms with Crippen molar-refractivity contribution in [3.8, 4) is 0 Å². The maximum atomic E-state index is 8.34. The van der Waals surface area contributed by atoms with Gasteiger partial charge in [-0.05, 0) is 0 Å². The van der Waals surface area contributed by atoms with Crippen LogP contribution in [0.15, 0.2) is 0 Å². The lowest BCUT2D eigenvalue weighted by Crippen LogP contribution is -2.50. The maximum absolute atomic E-state index is 8.34. The average Bonchev–Trinajstić information content (AvgIpc) is 2.26. The quantitative estimate of drug-likeness (QED) is 0.431. The first-order valence-corrected chi connectivity index (χ1v) is 13.7. The number of aliphatic hydroxyl groups is 3. The topological polar surface area (TPSA) is 86.7 Å².